The van der Waals surface area contributed by atoms with Gasteiger partial charge in [0, 0.05) is 24.3 Å². The molecule has 4 rings (SSSR count). The molecule has 1 aromatic heterocycles. The highest BCUT2D eigenvalue weighted by Crippen LogP contribution is 2.35. The number of carbonyl (C=O) groups is 1. The van der Waals surface area contributed by atoms with E-state index in [0.717, 1.165) is 54.0 Å². The molecule has 0 bridgehead atoms. The predicted octanol–water partition coefficient (Wildman–Crippen LogP) is 1.66. The third-order valence-corrected chi connectivity index (χ3v) is 4.87. The van der Waals surface area contributed by atoms with E-state index in [1.165, 1.54) is 4.68 Å². The molecule has 0 saturated heterocycles. The van der Waals surface area contributed by atoms with E-state index in [1.54, 1.807) is 0 Å². The molecule has 23 heavy (non-hydrogen) atoms. The van der Waals surface area contributed by atoms with Crippen LogP contribution in [0.4, 0.5) is 11.5 Å². The van der Waals surface area contributed by atoms with E-state index in [-0.39, 0.29) is 11.8 Å². The first-order valence-electron chi connectivity index (χ1n) is 8.11. The molecule has 3 heterocycles. The Balaban J connectivity index is 1.74. The standard InChI is InChI=1S/C17H21N5O/c1-10-3-2-4-11-12(6-8-20-15(10)11)17(23)22-16(18)13-5-7-19-9-14(13)21-22/h2-4,12,19-20H,5-9,18H2,1H3/t12-/m0/s1. The normalized spacial score (nSPS) is 19.6. The number of aromatic nitrogens is 2. The summed E-state index contributed by atoms with van der Waals surface area (Å²) in [6.45, 7) is 4.41. The smallest absolute Gasteiger partial charge is 0.256 e. The van der Waals surface area contributed by atoms with E-state index in [0.29, 0.717) is 12.4 Å². The number of rotatable bonds is 1. The van der Waals surface area contributed by atoms with Crippen molar-refractivity contribution in [2.24, 2.45) is 0 Å². The number of fused-ring (bicyclic) bond motifs is 2. The number of anilines is 2. The van der Waals surface area contributed by atoms with Crippen molar-refractivity contribution >= 4 is 17.4 Å². The van der Waals surface area contributed by atoms with E-state index < -0.39 is 0 Å². The zero-order valence-corrected chi connectivity index (χ0v) is 13.2. The molecule has 0 amide bonds. The van der Waals surface area contributed by atoms with Crippen LogP contribution in [-0.2, 0) is 13.0 Å². The van der Waals surface area contributed by atoms with Crippen LogP contribution < -0.4 is 16.4 Å². The largest absolute Gasteiger partial charge is 0.385 e. The van der Waals surface area contributed by atoms with Crippen LogP contribution in [0.25, 0.3) is 0 Å². The lowest BCUT2D eigenvalue weighted by molar-refractivity contribution is 0.0859. The number of hydrogen-bond donors (Lipinski definition) is 3. The molecule has 0 spiro atoms. The summed E-state index contributed by atoms with van der Waals surface area (Å²) in [4.78, 5) is 13.1. The summed E-state index contributed by atoms with van der Waals surface area (Å²) < 4.78 is 1.43. The Bertz CT molecular complexity index is 780. The second-order valence-corrected chi connectivity index (χ2v) is 6.29. The van der Waals surface area contributed by atoms with Crippen molar-refractivity contribution in [3.8, 4) is 0 Å². The van der Waals surface area contributed by atoms with E-state index in [1.807, 2.05) is 12.1 Å². The minimum atomic E-state index is -0.192. The van der Waals surface area contributed by atoms with Crippen LogP contribution in [0.3, 0.4) is 0 Å². The van der Waals surface area contributed by atoms with E-state index in [2.05, 4.69) is 28.7 Å². The van der Waals surface area contributed by atoms with Gasteiger partial charge in [0.1, 0.15) is 5.82 Å². The Morgan fingerprint density at radius 2 is 2.26 bits per heavy atom. The number of nitrogens with zero attached hydrogens (tertiary/aromatic N) is 2. The summed E-state index contributed by atoms with van der Waals surface area (Å²) in [6.07, 6.45) is 1.59. The average Bonchev–Trinajstić information content (AvgIpc) is 2.92. The van der Waals surface area contributed by atoms with Gasteiger partial charge in [-0.3, -0.25) is 4.79 Å². The lowest BCUT2D eigenvalue weighted by Gasteiger charge is -2.27. The van der Waals surface area contributed by atoms with Crippen molar-refractivity contribution in [1.82, 2.24) is 15.1 Å². The van der Waals surface area contributed by atoms with Crippen LogP contribution in [0.15, 0.2) is 18.2 Å². The molecule has 6 nitrogen and oxygen atoms in total. The van der Waals surface area contributed by atoms with Gasteiger partial charge >= 0.3 is 0 Å². The zero-order chi connectivity index (χ0) is 16.0. The fourth-order valence-electron chi connectivity index (χ4n) is 3.64. The predicted molar refractivity (Wildman–Crippen MR) is 89.7 cm³/mol. The van der Waals surface area contributed by atoms with Gasteiger partial charge in [-0.25, -0.2) is 0 Å². The van der Waals surface area contributed by atoms with Gasteiger partial charge in [-0.1, -0.05) is 18.2 Å². The van der Waals surface area contributed by atoms with Gasteiger partial charge in [-0.05, 0) is 37.4 Å². The molecule has 6 heteroatoms. The molecule has 120 valence electrons. The monoisotopic (exact) mass is 311 g/mol. The van der Waals surface area contributed by atoms with Gasteiger partial charge in [-0.2, -0.15) is 9.78 Å². The van der Waals surface area contributed by atoms with Crippen LogP contribution in [-0.4, -0.2) is 28.8 Å². The lowest BCUT2D eigenvalue weighted by Crippen LogP contribution is -2.28. The molecule has 1 atom stereocenters. The van der Waals surface area contributed by atoms with Crippen molar-refractivity contribution in [1.29, 1.82) is 0 Å². The maximum absolute atomic E-state index is 13.1. The molecule has 0 saturated carbocycles. The highest BCUT2D eigenvalue weighted by Gasteiger charge is 2.31. The number of para-hydroxylation sites is 1. The highest BCUT2D eigenvalue weighted by molar-refractivity contribution is 5.90. The summed E-state index contributed by atoms with van der Waals surface area (Å²) in [5.74, 6) is 0.298. The molecular formula is C17H21N5O. The lowest BCUT2D eigenvalue weighted by atomic mass is 9.88. The molecule has 0 fully saturated rings. The number of nitrogens with two attached hydrogens (primary N) is 1. The fraction of sp³-hybridized carbons (Fsp3) is 0.412. The molecule has 2 aliphatic rings. The minimum absolute atomic E-state index is 0.0229. The fourth-order valence-corrected chi connectivity index (χ4v) is 3.64. The van der Waals surface area contributed by atoms with Crippen LogP contribution in [0.5, 0.6) is 0 Å². The second kappa shape index (κ2) is 5.38. The number of aryl methyl sites for hydroxylation is 1. The third kappa shape index (κ3) is 2.21. The summed E-state index contributed by atoms with van der Waals surface area (Å²) in [7, 11) is 0. The topological polar surface area (TPSA) is 85.0 Å². The molecular weight excluding hydrogens is 290 g/mol. The molecule has 0 aliphatic carbocycles. The summed E-state index contributed by atoms with van der Waals surface area (Å²) >= 11 is 0. The second-order valence-electron chi connectivity index (χ2n) is 6.29. The Morgan fingerprint density at radius 1 is 1.39 bits per heavy atom. The summed E-state index contributed by atoms with van der Waals surface area (Å²) in [6, 6.07) is 6.09. The van der Waals surface area contributed by atoms with Crippen molar-refractivity contribution < 1.29 is 4.79 Å². The van der Waals surface area contributed by atoms with Crippen molar-refractivity contribution in [3.05, 3.63) is 40.6 Å². The first-order valence-corrected chi connectivity index (χ1v) is 8.11. The van der Waals surface area contributed by atoms with E-state index in [9.17, 15) is 4.79 Å². The van der Waals surface area contributed by atoms with Gasteiger partial charge in [0.2, 0.25) is 0 Å². The zero-order valence-electron chi connectivity index (χ0n) is 13.2. The van der Waals surface area contributed by atoms with Crippen molar-refractivity contribution in [2.45, 2.75) is 32.2 Å². The summed E-state index contributed by atoms with van der Waals surface area (Å²) in [5, 5.41) is 11.2. The first kappa shape index (κ1) is 14.3. The Hall–Kier alpha value is -2.34. The molecule has 4 N–H and O–H groups in total. The SMILES string of the molecule is Cc1cccc2c1NCC[C@@H]2C(=O)n1nc2c(c1N)CCNC2. The van der Waals surface area contributed by atoms with Gasteiger partial charge < -0.3 is 16.4 Å². The maximum Gasteiger partial charge on any atom is 0.256 e. The van der Waals surface area contributed by atoms with Crippen molar-refractivity contribution in [3.63, 3.8) is 0 Å². The highest BCUT2D eigenvalue weighted by atomic mass is 16.2. The number of nitrogen functional groups attached to an aromatic ring is 1. The Labute approximate surface area is 135 Å². The van der Waals surface area contributed by atoms with Crippen LogP contribution in [0.2, 0.25) is 0 Å². The van der Waals surface area contributed by atoms with Gasteiger partial charge in [0.15, 0.2) is 0 Å². The van der Waals surface area contributed by atoms with Gasteiger partial charge in [-0.15, -0.1) is 0 Å². The van der Waals surface area contributed by atoms with Crippen LogP contribution in [0, 0.1) is 6.92 Å². The van der Waals surface area contributed by atoms with E-state index >= 15 is 0 Å². The molecule has 0 radical (unpaired) electrons. The minimum Gasteiger partial charge on any atom is -0.385 e. The van der Waals surface area contributed by atoms with Gasteiger partial charge in [0.25, 0.3) is 5.91 Å². The molecule has 2 aromatic rings. The quantitative estimate of drug-likeness (QED) is 0.746. The maximum atomic E-state index is 13.1. The van der Waals surface area contributed by atoms with Crippen LogP contribution >= 0.6 is 0 Å². The summed E-state index contributed by atoms with van der Waals surface area (Å²) in [5.41, 5.74) is 11.4. The number of nitrogens with one attached hydrogen (secondary N) is 2. The molecule has 1 aromatic carbocycles. The molecule has 0 unspecified atom stereocenters. The number of hydrogen-bond acceptors (Lipinski definition) is 5. The van der Waals surface area contributed by atoms with E-state index in [4.69, 9.17) is 5.73 Å². The average molecular weight is 311 g/mol. The van der Waals surface area contributed by atoms with Gasteiger partial charge in [0.05, 0.1) is 11.6 Å². The van der Waals surface area contributed by atoms with Crippen LogP contribution in [0.1, 0.15) is 39.5 Å². The molecule has 2 aliphatic heterocycles. The number of carbonyl (C=O) groups excluding carboxylic acids is 1. The third-order valence-electron chi connectivity index (χ3n) is 4.87. The Morgan fingerprint density at radius 3 is 3.09 bits per heavy atom. The Kier molecular flexibility index (Phi) is 3.34. The van der Waals surface area contributed by atoms with Crippen molar-refractivity contribution in [2.75, 3.05) is 24.1 Å². The first-order chi connectivity index (χ1) is 11.2. The number of benzene rings is 1.